The molecule has 6 heteroatoms. The van der Waals surface area contributed by atoms with Gasteiger partial charge in [0.2, 0.25) is 0 Å². The van der Waals surface area contributed by atoms with E-state index in [1.165, 1.54) is 19.2 Å². The van der Waals surface area contributed by atoms with Gasteiger partial charge < -0.3 is 4.74 Å². The standard InChI is InChI=1S/C16H17N3O3/c1-14(2)13(11-5-7-12(8-6-11)19(20)21)16(9-17,10-18)15(14,3)22-4/h5-8,13H,1-4H3/t13-,15-/m0/s1. The lowest BCUT2D eigenvalue weighted by molar-refractivity contribution is -0.384. The van der Waals surface area contributed by atoms with E-state index in [4.69, 9.17) is 4.74 Å². The van der Waals surface area contributed by atoms with Crippen LogP contribution in [0.2, 0.25) is 0 Å². The van der Waals surface area contributed by atoms with Crippen LogP contribution in [0.5, 0.6) is 0 Å². The highest BCUT2D eigenvalue weighted by molar-refractivity contribution is 5.48. The van der Waals surface area contributed by atoms with Crippen LogP contribution < -0.4 is 0 Å². The first kappa shape index (κ1) is 15.9. The van der Waals surface area contributed by atoms with Gasteiger partial charge in [-0.1, -0.05) is 26.0 Å². The number of nitriles is 2. The van der Waals surface area contributed by atoms with E-state index in [0.29, 0.717) is 0 Å². The third-order valence-corrected chi connectivity index (χ3v) is 5.33. The number of benzene rings is 1. The highest BCUT2D eigenvalue weighted by Crippen LogP contribution is 2.71. The van der Waals surface area contributed by atoms with Gasteiger partial charge >= 0.3 is 0 Å². The number of rotatable bonds is 3. The van der Waals surface area contributed by atoms with Gasteiger partial charge in [0.1, 0.15) is 5.60 Å². The monoisotopic (exact) mass is 299 g/mol. The Labute approximate surface area is 129 Å². The summed E-state index contributed by atoms with van der Waals surface area (Å²) in [5.41, 5.74) is -2.01. The molecule has 0 saturated heterocycles. The lowest BCUT2D eigenvalue weighted by Crippen LogP contribution is -2.72. The molecule has 1 aromatic carbocycles. The zero-order chi connectivity index (χ0) is 16.8. The third-order valence-electron chi connectivity index (χ3n) is 5.33. The minimum atomic E-state index is -1.33. The lowest BCUT2D eigenvalue weighted by Gasteiger charge is -2.66. The summed E-state index contributed by atoms with van der Waals surface area (Å²) in [4.78, 5) is 10.3. The van der Waals surface area contributed by atoms with Crippen LogP contribution in [0.3, 0.4) is 0 Å². The van der Waals surface area contributed by atoms with Crippen molar-refractivity contribution in [2.75, 3.05) is 7.11 Å². The molecule has 0 N–H and O–H groups in total. The predicted octanol–water partition coefficient (Wildman–Crippen LogP) is 3.16. The Kier molecular flexibility index (Phi) is 3.47. The molecule has 0 heterocycles. The summed E-state index contributed by atoms with van der Waals surface area (Å²) in [6.45, 7) is 5.65. The normalized spacial score (nSPS) is 28.0. The molecular formula is C16H17N3O3. The van der Waals surface area contributed by atoms with Crippen molar-refractivity contribution in [3.63, 3.8) is 0 Å². The number of nitrogens with zero attached hydrogens (tertiary/aromatic N) is 3. The summed E-state index contributed by atoms with van der Waals surface area (Å²) >= 11 is 0. The number of hydrogen-bond acceptors (Lipinski definition) is 5. The molecule has 1 aromatic rings. The SMILES string of the molecule is CO[C@@]1(C)C(C)(C)[C@H](c2ccc([N+](=O)[O-])cc2)C1(C#N)C#N. The van der Waals surface area contributed by atoms with Gasteiger partial charge in [0, 0.05) is 30.6 Å². The molecule has 0 spiro atoms. The average molecular weight is 299 g/mol. The third kappa shape index (κ3) is 1.62. The zero-order valence-corrected chi connectivity index (χ0v) is 13.0. The molecular weight excluding hydrogens is 282 g/mol. The quantitative estimate of drug-likeness (QED) is 0.630. The van der Waals surface area contributed by atoms with Gasteiger partial charge in [-0.3, -0.25) is 10.1 Å². The van der Waals surface area contributed by atoms with Crippen molar-refractivity contribution < 1.29 is 9.66 Å². The van der Waals surface area contributed by atoms with E-state index in [1.807, 2.05) is 13.8 Å². The number of methoxy groups -OCH3 is 1. The number of non-ortho nitro benzene ring substituents is 1. The molecule has 6 nitrogen and oxygen atoms in total. The molecule has 0 unspecified atom stereocenters. The van der Waals surface area contributed by atoms with Gasteiger partial charge in [0.05, 0.1) is 17.1 Å². The molecule has 0 amide bonds. The van der Waals surface area contributed by atoms with Crippen LogP contribution >= 0.6 is 0 Å². The fraction of sp³-hybridized carbons (Fsp3) is 0.500. The molecule has 22 heavy (non-hydrogen) atoms. The van der Waals surface area contributed by atoms with Gasteiger partial charge in [0.25, 0.3) is 5.69 Å². The van der Waals surface area contributed by atoms with Crippen molar-refractivity contribution in [3.8, 4) is 12.1 Å². The first-order chi connectivity index (χ1) is 10.2. The maximum atomic E-state index is 10.8. The highest BCUT2D eigenvalue weighted by atomic mass is 16.6. The first-order valence-electron chi connectivity index (χ1n) is 6.84. The molecule has 0 aromatic heterocycles. The molecule has 1 aliphatic rings. The smallest absolute Gasteiger partial charge is 0.269 e. The number of nitro groups is 1. The van der Waals surface area contributed by atoms with Crippen molar-refractivity contribution in [3.05, 3.63) is 39.9 Å². The first-order valence-corrected chi connectivity index (χ1v) is 6.84. The van der Waals surface area contributed by atoms with Crippen molar-refractivity contribution in [1.82, 2.24) is 0 Å². The maximum Gasteiger partial charge on any atom is 0.269 e. The summed E-state index contributed by atoms with van der Waals surface area (Å²) in [7, 11) is 1.50. The Morgan fingerprint density at radius 2 is 1.68 bits per heavy atom. The second-order valence-electron chi connectivity index (χ2n) is 6.27. The number of nitro benzene ring substituents is 1. The summed E-state index contributed by atoms with van der Waals surface area (Å²) in [6.07, 6.45) is 0. The summed E-state index contributed by atoms with van der Waals surface area (Å²) in [5.74, 6) is -0.388. The molecule has 2 rings (SSSR count). The second-order valence-corrected chi connectivity index (χ2v) is 6.27. The highest BCUT2D eigenvalue weighted by Gasteiger charge is 2.76. The summed E-state index contributed by atoms with van der Waals surface area (Å²) < 4.78 is 5.55. The van der Waals surface area contributed by atoms with Crippen LogP contribution in [0, 0.1) is 43.6 Å². The van der Waals surface area contributed by atoms with Crippen molar-refractivity contribution >= 4 is 5.69 Å². The molecule has 0 aliphatic heterocycles. The molecule has 114 valence electrons. The van der Waals surface area contributed by atoms with Crippen LogP contribution in [0.1, 0.15) is 32.3 Å². The Balaban J connectivity index is 2.57. The van der Waals surface area contributed by atoms with Gasteiger partial charge in [-0.25, -0.2) is 0 Å². The molecule has 1 aliphatic carbocycles. The van der Waals surface area contributed by atoms with Crippen LogP contribution in [-0.4, -0.2) is 17.6 Å². The molecule has 0 radical (unpaired) electrons. The Hall–Kier alpha value is -2.44. The Morgan fingerprint density at radius 1 is 1.18 bits per heavy atom. The molecule has 1 saturated carbocycles. The van der Waals surface area contributed by atoms with Crippen molar-refractivity contribution in [2.45, 2.75) is 32.3 Å². The zero-order valence-electron chi connectivity index (χ0n) is 13.0. The average Bonchev–Trinajstić information content (AvgIpc) is 2.51. The second kappa shape index (κ2) is 4.79. The molecule has 2 atom stereocenters. The van der Waals surface area contributed by atoms with Gasteiger partial charge in [-0.15, -0.1) is 0 Å². The summed E-state index contributed by atoms with van der Waals surface area (Å²) in [5, 5.41) is 30.1. The molecule has 0 bridgehead atoms. The van der Waals surface area contributed by atoms with Crippen molar-refractivity contribution in [2.24, 2.45) is 10.8 Å². The summed E-state index contributed by atoms with van der Waals surface area (Å²) in [6, 6.07) is 10.3. The van der Waals surface area contributed by atoms with Gasteiger partial charge in [0.15, 0.2) is 5.41 Å². The molecule has 1 fully saturated rings. The fourth-order valence-electron chi connectivity index (χ4n) is 3.77. The Bertz CT molecular complexity index is 683. The van der Waals surface area contributed by atoms with E-state index in [9.17, 15) is 20.6 Å². The van der Waals surface area contributed by atoms with Gasteiger partial charge in [-0.05, 0) is 12.5 Å². The van der Waals surface area contributed by atoms with Crippen LogP contribution in [0.4, 0.5) is 5.69 Å². The van der Waals surface area contributed by atoms with Crippen LogP contribution in [0.15, 0.2) is 24.3 Å². The van der Waals surface area contributed by atoms with E-state index < -0.39 is 21.4 Å². The Morgan fingerprint density at radius 3 is 2.05 bits per heavy atom. The number of ether oxygens (including phenoxy) is 1. The van der Waals surface area contributed by atoms with Crippen LogP contribution in [0.25, 0.3) is 0 Å². The van der Waals surface area contributed by atoms with Crippen molar-refractivity contribution in [1.29, 1.82) is 10.5 Å². The van der Waals surface area contributed by atoms with E-state index in [1.54, 1.807) is 19.1 Å². The van der Waals surface area contributed by atoms with E-state index >= 15 is 0 Å². The van der Waals surface area contributed by atoms with E-state index in [2.05, 4.69) is 12.1 Å². The van der Waals surface area contributed by atoms with E-state index in [-0.39, 0.29) is 11.6 Å². The number of hydrogen-bond donors (Lipinski definition) is 0. The minimum Gasteiger partial charge on any atom is -0.375 e. The minimum absolute atomic E-state index is 0.0186. The van der Waals surface area contributed by atoms with Gasteiger partial charge in [-0.2, -0.15) is 10.5 Å². The van der Waals surface area contributed by atoms with E-state index in [0.717, 1.165) is 5.56 Å². The predicted molar refractivity (Wildman–Crippen MR) is 78.7 cm³/mol. The topological polar surface area (TPSA) is 99.9 Å². The maximum absolute atomic E-state index is 10.8. The lowest BCUT2D eigenvalue weighted by atomic mass is 9.37. The van der Waals surface area contributed by atoms with Crippen LogP contribution in [-0.2, 0) is 4.74 Å². The fourth-order valence-corrected chi connectivity index (χ4v) is 3.77. The largest absolute Gasteiger partial charge is 0.375 e.